The molecule has 1 aromatic carbocycles. The van der Waals surface area contributed by atoms with E-state index in [0.717, 1.165) is 24.4 Å². The van der Waals surface area contributed by atoms with Crippen molar-refractivity contribution in [1.29, 1.82) is 0 Å². The summed E-state index contributed by atoms with van der Waals surface area (Å²) in [5.41, 5.74) is 3.00. The first-order valence-corrected chi connectivity index (χ1v) is 9.55. The van der Waals surface area contributed by atoms with Gasteiger partial charge in [-0.1, -0.05) is 19.1 Å². The Balaban J connectivity index is 1.60. The largest absolute Gasteiger partial charge is 0.356 e. The van der Waals surface area contributed by atoms with E-state index in [4.69, 9.17) is 0 Å². The number of aryl methyl sites for hydroxylation is 2. The summed E-state index contributed by atoms with van der Waals surface area (Å²) in [7, 11) is 0. The molecule has 1 heterocycles. The number of carbonyl (C=O) groups is 2. The maximum atomic E-state index is 12.2. The van der Waals surface area contributed by atoms with Crippen molar-refractivity contribution in [3.63, 3.8) is 0 Å². The second-order valence-corrected chi connectivity index (χ2v) is 7.45. The highest BCUT2D eigenvalue weighted by atomic mass is 16.2. The number of hydrogen-bond donors (Lipinski definition) is 1. The van der Waals surface area contributed by atoms with Crippen LogP contribution in [0.15, 0.2) is 18.2 Å². The molecule has 2 rings (SSSR count). The van der Waals surface area contributed by atoms with Gasteiger partial charge in [0, 0.05) is 24.9 Å². The van der Waals surface area contributed by atoms with Gasteiger partial charge >= 0.3 is 0 Å². The van der Waals surface area contributed by atoms with Crippen LogP contribution in [0.3, 0.4) is 0 Å². The van der Waals surface area contributed by atoms with E-state index in [0.29, 0.717) is 12.1 Å². The van der Waals surface area contributed by atoms with Gasteiger partial charge in [0.15, 0.2) is 5.78 Å². The van der Waals surface area contributed by atoms with Gasteiger partial charge in [-0.05, 0) is 75.9 Å². The Morgan fingerprint density at radius 3 is 2.52 bits per heavy atom. The van der Waals surface area contributed by atoms with Gasteiger partial charge in [0.05, 0.1) is 0 Å². The standard InChI is InChI=1S/C21H32N2O2/c1-16-9-13-23(14-10-16)12-4-11-22-21(25)8-7-20(24)19-6-5-17(2)18(3)15-19/h5-6,15-16H,4,7-14H2,1-3H3,(H,22,25). The van der Waals surface area contributed by atoms with Gasteiger partial charge in [-0.2, -0.15) is 0 Å². The van der Waals surface area contributed by atoms with Gasteiger partial charge in [-0.15, -0.1) is 0 Å². The quantitative estimate of drug-likeness (QED) is 0.580. The summed E-state index contributed by atoms with van der Waals surface area (Å²) in [4.78, 5) is 26.6. The molecule has 138 valence electrons. The van der Waals surface area contributed by atoms with Crippen LogP contribution >= 0.6 is 0 Å². The van der Waals surface area contributed by atoms with Gasteiger partial charge in [0.2, 0.25) is 5.91 Å². The van der Waals surface area contributed by atoms with E-state index in [1.54, 1.807) is 0 Å². The molecular weight excluding hydrogens is 312 g/mol. The van der Waals surface area contributed by atoms with Crippen molar-refractivity contribution < 1.29 is 9.59 Å². The Kier molecular flexibility index (Phi) is 7.63. The predicted octanol–water partition coefficient (Wildman–Crippen LogP) is 3.50. The minimum absolute atomic E-state index is 0.0237. The van der Waals surface area contributed by atoms with Crippen molar-refractivity contribution in [1.82, 2.24) is 10.2 Å². The number of rotatable bonds is 8. The van der Waals surface area contributed by atoms with Gasteiger partial charge < -0.3 is 10.2 Å². The van der Waals surface area contributed by atoms with Gasteiger partial charge in [-0.25, -0.2) is 0 Å². The third kappa shape index (κ3) is 6.62. The molecule has 0 atom stereocenters. The number of hydrogen-bond acceptors (Lipinski definition) is 3. The number of amides is 1. The smallest absolute Gasteiger partial charge is 0.220 e. The number of likely N-dealkylation sites (tertiary alicyclic amines) is 1. The number of nitrogens with zero attached hydrogens (tertiary/aromatic N) is 1. The van der Waals surface area contributed by atoms with Crippen molar-refractivity contribution in [3.05, 3.63) is 34.9 Å². The van der Waals surface area contributed by atoms with Crippen molar-refractivity contribution in [2.24, 2.45) is 5.92 Å². The monoisotopic (exact) mass is 344 g/mol. The first-order chi connectivity index (χ1) is 12.0. The fraction of sp³-hybridized carbons (Fsp3) is 0.619. The zero-order valence-corrected chi connectivity index (χ0v) is 15.9. The lowest BCUT2D eigenvalue weighted by Crippen LogP contribution is -2.35. The van der Waals surface area contributed by atoms with E-state index in [1.165, 1.54) is 31.5 Å². The molecule has 4 heteroatoms. The SMILES string of the molecule is Cc1ccc(C(=O)CCC(=O)NCCCN2CCC(C)CC2)cc1C. The van der Waals surface area contributed by atoms with Crippen LogP contribution in [0.4, 0.5) is 0 Å². The average Bonchev–Trinajstić information content (AvgIpc) is 2.60. The summed E-state index contributed by atoms with van der Waals surface area (Å²) in [5, 5.41) is 2.94. The third-order valence-electron chi connectivity index (χ3n) is 5.26. The van der Waals surface area contributed by atoms with E-state index >= 15 is 0 Å². The van der Waals surface area contributed by atoms with Gasteiger partial charge in [0.1, 0.15) is 0 Å². The van der Waals surface area contributed by atoms with Crippen LogP contribution in [-0.4, -0.2) is 42.8 Å². The van der Waals surface area contributed by atoms with Crippen LogP contribution in [0, 0.1) is 19.8 Å². The summed E-state index contributed by atoms with van der Waals surface area (Å²) in [5.74, 6) is 0.871. The molecule has 0 radical (unpaired) electrons. The Morgan fingerprint density at radius 2 is 1.84 bits per heavy atom. The van der Waals surface area contributed by atoms with Crippen LogP contribution in [0.25, 0.3) is 0 Å². The summed E-state index contributed by atoms with van der Waals surface area (Å²) >= 11 is 0. The molecule has 4 nitrogen and oxygen atoms in total. The van der Waals surface area contributed by atoms with Crippen LogP contribution in [0.1, 0.15) is 60.5 Å². The zero-order chi connectivity index (χ0) is 18.2. The fourth-order valence-corrected chi connectivity index (χ4v) is 3.19. The maximum absolute atomic E-state index is 12.2. The lowest BCUT2D eigenvalue weighted by molar-refractivity contribution is -0.121. The van der Waals surface area contributed by atoms with Crippen LogP contribution in [0.5, 0.6) is 0 Å². The highest BCUT2D eigenvalue weighted by Gasteiger charge is 2.15. The van der Waals surface area contributed by atoms with Crippen molar-refractivity contribution in [3.8, 4) is 0 Å². The van der Waals surface area contributed by atoms with Crippen molar-refractivity contribution >= 4 is 11.7 Å². The fourth-order valence-electron chi connectivity index (χ4n) is 3.19. The minimum atomic E-state index is -0.0237. The Morgan fingerprint density at radius 1 is 1.12 bits per heavy atom. The van der Waals surface area contributed by atoms with E-state index in [9.17, 15) is 9.59 Å². The number of Topliss-reactive ketones (excluding diaryl/α,β-unsaturated/α-hetero) is 1. The molecule has 1 saturated heterocycles. The molecule has 0 bridgehead atoms. The molecule has 0 unspecified atom stereocenters. The average molecular weight is 344 g/mol. The van der Waals surface area contributed by atoms with Crippen LogP contribution in [-0.2, 0) is 4.79 Å². The maximum Gasteiger partial charge on any atom is 0.220 e. The molecule has 1 aromatic rings. The molecule has 1 aliphatic heterocycles. The number of ketones is 1. The molecule has 1 amide bonds. The van der Waals surface area contributed by atoms with Gasteiger partial charge in [0.25, 0.3) is 0 Å². The lowest BCUT2D eigenvalue weighted by atomic mass is 9.99. The number of benzene rings is 1. The second-order valence-electron chi connectivity index (χ2n) is 7.45. The van der Waals surface area contributed by atoms with E-state index in [-0.39, 0.29) is 24.5 Å². The normalized spacial score (nSPS) is 16.0. The first kappa shape index (κ1) is 19.6. The summed E-state index contributed by atoms with van der Waals surface area (Å²) < 4.78 is 0. The van der Waals surface area contributed by atoms with Crippen molar-refractivity contribution in [2.75, 3.05) is 26.2 Å². The summed E-state index contributed by atoms with van der Waals surface area (Å²) in [6.45, 7) is 10.5. The Bertz CT molecular complexity index is 590. The Hall–Kier alpha value is -1.68. The predicted molar refractivity (Wildman–Crippen MR) is 102 cm³/mol. The highest BCUT2D eigenvalue weighted by molar-refractivity contribution is 5.98. The first-order valence-electron chi connectivity index (χ1n) is 9.55. The molecular formula is C21H32N2O2. The molecule has 1 aliphatic rings. The van der Waals surface area contributed by atoms with E-state index in [2.05, 4.69) is 17.1 Å². The molecule has 0 saturated carbocycles. The van der Waals surface area contributed by atoms with E-state index < -0.39 is 0 Å². The zero-order valence-electron chi connectivity index (χ0n) is 15.9. The lowest BCUT2D eigenvalue weighted by Gasteiger charge is -2.30. The molecule has 1 fully saturated rings. The number of piperidine rings is 1. The third-order valence-corrected chi connectivity index (χ3v) is 5.26. The highest BCUT2D eigenvalue weighted by Crippen LogP contribution is 2.15. The second kappa shape index (κ2) is 9.71. The number of carbonyl (C=O) groups excluding carboxylic acids is 2. The molecule has 25 heavy (non-hydrogen) atoms. The van der Waals surface area contributed by atoms with Crippen LogP contribution in [0.2, 0.25) is 0 Å². The summed E-state index contributed by atoms with van der Waals surface area (Å²) in [6.07, 6.45) is 4.09. The minimum Gasteiger partial charge on any atom is -0.356 e. The Labute approximate surface area is 152 Å². The molecule has 1 N–H and O–H groups in total. The van der Waals surface area contributed by atoms with Crippen molar-refractivity contribution in [2.45, 2.75) is 52.9 Å². The van der Waals surface area contributed by atoms with Crippen LogP contribution < -0.4 is 5.32 Å². The molecule has 0 aromatic heterocycles. The van der Waals surface area contributed by atoms with E-state index in [1.807, 2.05) is 32.0 Å². The summed E-state index contributed by atoms with van der Waals surface area (Å²) in [6, 6.07) is 5.72. The molecule has 0 spiro atoms. The topological polar surface area (TPSA) is 49.4 Å². The molecule has 0 aliphatic carbocycles. The van der Waals surface area contributed by atoms with Gasteiger partial charge in [-0.3, -0.25) is 9.59 Å². The number of nitrogens with one attached hydrogen (secondary N) is 1.